The topological polar surface area (TPSA) is 108 Å². The Balaban J connectivity index is 1.85. The van der Waals surface area contributed by atoms with Crippen LogP contribution in [-0.2, 0) is 14.3 Å². The SMILES string of the molecule is O=C1CC(NC(=O)N2CCOC(C(=O)O)C2)CN1. The lowest BCUT2D eigenvalue weighted by atomic mass is 10.2. The van der Waals surface area contributed by atoms with Crippen LogP contribution in [0.5, 0.6) is 0 Å². The zero-order valence-corrected chi connectivity index (χ0v) is 9.72. The number of morpholine rings is 1. The van der Waals surface area contributed by atoms with Gasteiger partial charge in [-0.05, 0) is 0 Å². The third kappa shape index (κ3) is 2.89. The zero-order chi connectivity index (χ0) is 13.1. The van der Waals surface area contributed by atoms with E-state index in [1.54, 1.807) is 0 Å². The summed E-state index contributed by atoms with van der Waals surface area (Å²) >= 11 is 0. The lowest BCUT2D eigenvalue weighted by molar-refractivity contribution is -0.154. The molecule has 0 radical (unpaired) electrons. The van der Waals surface area contributed by atoms with Crippen LogP contribution in [0.3, 0.4) is 0 Å². The fourth-order valence-electron chi connectivity index (χ4n) is 1.96. The summed E-state index contributed by atoms with van der Waals surface area (Å²) in [6.07, 6.45) is -0.717. The molecule has 0 aromatic rings. The van der Waals surface area contributed by atoms with Gasteiger partial charge in [0.1, 0.15) is 0 Å². The second-order valence-corrected chi connectivity index (χ2v) is 4.30. The second-order valence-electron chi connectivity index (χ2n) is 4.30. The fraction of sp³-hybridized carbons (Fsp3) is 0.700. The third-order valence-electron chi connectivity index (χ3n) is 2.93. The van der Waals surface area contributed by atoms with Crippen molar-refractivity contribution in [1.29, 1.82) is 0 Å². The number of amides is 3. The Bertz CT molecular complexity index is 373. The number of carboxylic acid groups (broad SMARTS) is 1. The van der Waals surface area contributed by atoms with Crippen LogP contribution >= 0.6 is 0 Å². The summed E-state index contributed by atoms with van der Waals surface area (Å²) in [5.41, 5.74) is 0. The highest BCUT2D eigenvalue weighted by atomic mass is 16.5. The van der Waals surface area contributed by atoms with Crippen molar-refractivity contribution < 1.29 is 24.2 Å². The predicted octanol–water partition coefficient (Wildman–Crippen LogP) is -1.63. The molecular formula is C10H15N3O5. The third-order valence-corrected chi connectivity index (χ3v) is 2.93. The molecule has 2 fully saturated rings. The van der Waals surface area contributed by atoms with Crippen molar-refractivity contribution in [3.63, 3.8) is 0 Å². The van der Waals surface area contributed by atoms with E-state index in [1.807, 2.05) is 0 Å². The van der Waals surface area contributed by atoms with Crippen LogP contribution in [-0.4, -0.2) is 66.3 Å². The Labute approximate surface area is 103 Å². The molecule has 2 saturated heterocycles. The van der Waals surface area contributed by atoms with Crippen molar-refractivity contribution in [1.82, 2.24) is 15.5 Å². The van der Waals surface area contributed by atoms with Gasteiger partial charge in [0.05, 0.1) is 19.2 Å². The van der Waals surface area contributed by atoms with E-state index < -0.39 is 12.1 Å². The van der Waals surface area contributed by atoms with Gasteiger partial charge in [0.25, 0.3) is 0 Å². The van der Waals surface area contributed by atoms with Gasteiger partial charge in [-0.3, -0.25) is 4.79 Å². The minimum Gasteiger partial charge on any atom is -0.479 e. The highest BCUT2D eigenvalue weighted by Crippen LogP contribution is 2.07. The number of nitrogens with one attached hydrogen (secondary N) is 2. The highest BCUT2D eigenvalue weighted by molar-refractivity contribution is 5.82. The summed E-state index contributed by atoms with van der Waals surface area (Å²) in [7, 11) is 0. The van der Waals surface area contributed by atoms with Gasteiger partial charge in [-0.25, -0.2) is 9.59 Å². The molecule has 2 unspecified atom stereocenters. The molecule has 2 heterocycles. The van der Waals surface area contributed by atoms with E-state index in [-0.39, 0.29) is 37.6 Å². The first-order valence-electron chi connectivity index (χ1n) is 5.73. The second kappa shape index (κ2) is 5.21. The Morgan fingerprint density at radius 3 is 2.89 bits per heavy atom. The van der Waals surface area contributed by atoms with Gasteiger partial charge in [-0.15, -0.1) is 0 Å². The molecule has 2 rings (SSSR count). The number of rotatable bonds is 2. The molecule has 2 atom stereocenters. The monoisotopic (exact) mass is 257 g/mol. The summed E-state index contributed by atoms with van der Waals surface area (Å²) in [5, 5.41) is 14.1. The van der Waals surface area contributed by atoms with Gasteiger partial charge in [-0.2, -0.15) is 0 Å². The number of carbonyl (C=O) groups excluding carboxylic acids is 2. The van der Waals surface area contributed by atoms with Gasteiger partial charge in [0, 0.05) is 19.5 Å². The van der Waals surface area contributed by atoms with Crippen molar-refractivity contribution in [3.05, 3.63) is 0 Å². The van der Waals surface area contributed by atoms with Crippen LogP contribution in [0.1, 0.15) is 6.42 Å². The van der Waals surface area contributed by atoms with Gasteiger partial charge in [-0.1, -0.05) is 0 Å². The molecule has 3 N–H and O–H groups in total. The van der Waals surface area contributed by atoms with Crippen LogP contribution in [0.25, 0.3) is 0 Å². The average molecular weight is 257 g/mol. The molecule has 2 aliphatic rings. The maximum Gasteiger partial charge on any atom is 0.334 e. The molecule has 3 amide bonds. The van der Waals surface area contributed by atoms with E-state index in [2.05, 4.69) is 10.6 Å². The maximum atomic E-state index is 11.9. The van der Waals surface area contributed by atoms with Crippen molar-refractivity contribution in [2.75, 3.05) is 26.2 Å². The Morgan fingerprint density at radius 2 is 2.28 bits per heavy atom. The molecule has 0 aromatic carbocycles. The number of carboxylic acids is 1. The molecule has 8 heteroatoms. The standard InChI is InChI=1S/C10H15N3O5/c14-8-3-6(4-11-8)12-10(17)13-1-2-18-7(5-13)9(15)16/h6-7H,1-5H2,(H,11,14)(H,12,17)(H,15,16). The Kier molecular flexibility index (Phi) is 3.66. The first-order chi connectivity index (χ1) is 8.56. The predicted molar refractivity (Wildman–Crippen MR) is 58.9 cm³/mol. The van der Waals surface area contributed by atoms with E-state index in [0.29, 0.717) is 13.1 Å². The molecule has 0 saturated carbocycles. The largest absolute Gasteiger partial charge is 0.479 e. The Hall–Kier alpha value is -1.83. The summed E-state index contributed by atoms with van der Waals surface area (Å²) in [6.45, 7) is 0.989. The van der Waals surface area contributed by atoms with Crippen LogP contribution in [0.4, 0.5) is 4.79 Å². The first kappa shape index (κ1) is 12.6. The minimum absolute atomic E-state index is 0.0231. The molecule has 0 aromatic heterocycles. The molecule has 0 spiro atoms. The number of aliphatic carboxylic acids is 1. The van der Waals surface area contributed by atoms with Crippen molar-refractivity contribution >= 4 is 17.9 Å². The molecule has 8 nitrogen and oxygen atoms in total. The van der Waals surface area contributed by atoms with E-state index >= 15 is 0 Å². The van der Waals surface area contributed by atoms with Gasteiger partial charge < -0.3 is 25.4 Å². The summed E-state index contributed by atoms with van der Waals surface area (Å²) < 4.78 is 5.02. The molecule has 0 bridgehead atoms. The van der Waals surface area contributed by atoms with Gasteiger partial charge in [0.15, 0.2) is 6.10 Å². The summed E-state index contributed by atoms with van der Waals surface area (Å²) in [6, 6.07) is -0.581. The highest BCUT2D eigenvalue weighted by Gasteiger charge is 2.31. The van der Waals surface area contributed by atoms with Gasteiger partial charge >= 0.3 is 12.0 Å². The minimum atomic E-state index is -1.08. The van der Waals surface area contributed by atoms with Crippen LogP contribution < -0.4 is 10.6 Å². The molecule has 2 aliphatic heterocycles. The van der Waals surface area contributed by atoms with Gasteiger partial charge in [0.2, 0.25) is 5.91 Å². The number of urea groups is 1. The quantitative estimate of drug-likeness (QED) is 0.550. The lowest BCUT2D eigenvalue weighted by Crippen LogP contribution is -2.53. The summed E-state index contributed by atoms with van der Waals surface area (Å²) in [4.78, 5) is 35.0. The van der Waals surface area contributed by atoms with Crippen LogP contribution in [0.15, 0.2) is 0 Å². The number of nitrogens with zero attached hydrogens (tertiary/aromatic N) is 1. The number of ether oxygens (including phenoxy) is 1. The van der Waals surface area contributed by atoms with Crippen molar-refractivity contribution in [2.45, 2.75) is 18.6 Å². The summed E-state index contributed by atoms with van der Waals surface area (Å²) in [5.74, 6) is -1.17. The lowest BCUT2D eigenvalue weighted by Gasteiger charge is -2.31. The molecule has 100 valence electrons. The normalized spacial score (nSPS) is 27.8. The molecular weight excluding hydrogens is 242 g/mol. The zero-order valence-electron chi connectivity index (χ0n) is 9.72. The number of hydrogen-bond donors (Lipinski definition) is 3. The number of hydrogen-bond acceptors (Lipinski definition) is 4. The van der Waals surface area contributed by atoms with E-state index in [9.17, 15) is 14.4 Å². The van der Waals surface area contributed by atoms with E-state index in [0.717, 1.165) is 0 Å². The van der Waals surface area contributed by atoms with Crippen molar-refractivity contribution in [3.8, 4) is 0 Å². The van der Waals surface area contributed by atoms with E-state index in [4.69, 9.17) is 9.84 Å². The van der Waals surface area contributed by atoms with Crippen LogP contribution in [0, 0.1) is 0 Å². The van der Waals surface area contributed by atoms with Crippen LogP contribution in [0.2, 0.25) is 0 Å². The average Bonchev–Trinajstić information content (AvgIpc) is 2.75. The van der Waals surface area contributed by atoms with Crippen molar-refractivity contribution in [2.24, 2.45) is 0 Å². The Morgan fingerprint density at radius 1 is 1.50 bits per heavy atom. The van der Waals surface area contributed by atoms with E-state index in [1.165, 1.54) is 4.90 Å². The first-order valence-corrected chi connectivity index (χ1v) is 5.73. The smallest absolute Gasteiger partial charge is 0.334 e. The molecule has 18 heavy (non-hydrogen) atoms. The molecule has 0 aliphatic carbocycles. The number of carbonyl (C=O) groups is 3. The maximum absolute atomic E-state index is 11.9. The fourth-order valence-corrected chi connectivity index (χ4v) is 1.96.